The maximum Gasteiger partial charge on any atom is 0.273 e. The molecule has 3 heterocycles. The van der Waals surface area contributed by atoms with Crippen molar-refractivity contribution < 1.29 is 9.32 Å². The number of carbonyl (C=O) groups is 1. The lowest BCUT2D eigenvalue weighted by molar-refractivity contribution is 0.0942. The van der Waals surface area contributed by atoms with Gasteiger partial charge in [0.25, 0.3) is 5.91 Å². The summed E-state index contributed by atoms with van der Waals surface area (Å²) in [4.78, 5) is 23.0. The van der Waals surface area contributed by atoms with Crippen molar-refractivity contribution in [1.82, 2.24) is 20.4 Å². The van der Waals surface area contributed by atoms with E-state index in [2.05, 4.69) is 25.3 Å². The number of nitrogens with zero attached hydrogens (tertiary/aromatic N) is 4. The normalized spacial score (nSPS) is 10.5. The molecule has 7 nitrogen and oxygen atoms in total. The first kappa shape index (κ1) is 17.6. The molecule has 0 aliphatic heterocycles. The van der Waals surface area contributed by atoms with Crippen LogP contribution in [0.1, 0.15) is 27.5 Å². The number of rotatable bonds is 7. The Bertz CT molecular complexity index is 863. The number of aryl methyl sites for hydroxylation is 1. The molecule has 1 amide bonds. The molecule has 0 atom stereocenters. The van der Waals surface area contributed by atoms with Crippen molar-refractivity contribution in [1.29, 1.82) is 0 Å². The topological polar surface area (TPSA) is 84.2 Å². The van der Waals surface area contributed by atoms with Gasteiger partial charge in [-0.2, -0.15) is 0 Å². The molecule has 3 rings (SSSR count). The van der Waals surface area contributed by atoms with Gasteiger partial charge in [0.1, 0.15) is 11.6 Å². The predicted octanol–water partition coefficient (Wildman–Crippen LogP) is 2.38. The van der Waals surface area contributed by atoms with E-state index in [0.29, 0.717) is 12.3 Å². The fourth-order valence-electron chi connectivity index (χ4n) is 2.59. The van der Waals surface area contributed by atoms with Crippen molar-refractivity contribution in [3.63, 3.8) is 0 Å². The molecule has 0 saturated heterocycles. The Morgan fingerprint density at radius 2 is 2.04 bits per heavy atom. The van der Waals surface area contributed by atoms with Gasteiger partial charge in [-0.25, -0.2) is 4.98 Å². The molecule has 7 heteroatoms. The first-order valence-electron chi connectivity index (χ1n) is 8.40. The third-order valence-corrected chi connectivity index (χ3v) is 3.96. The molecule has 0 spiro atoms. The van der Waals surface area contributed by atoms with E-state index in [0.717, 1.165) is 30.0 Å². The Balaban J connectivity index is 1.62. The van der Waals surface area contributed by atoms with Crippen LogP contribution in [0.2, 0.25) is 0 Å². The molecule has 1 N–H and O–H groups in total. The number of amides is 1. The monoisotopic (exact) mass is 351 g/mol. The van der Waals surface area contributed by atoms with Gasteiger partial charge in [0, 0.05) is 56.3 Å². The highest BCUT2D eigenvalue weighted by Crippen LogP contribution is 2.16. The zero-order chi connectivity index (χ0) is 18.4. The molecular weight excluding hydrogens is 330 g/mol. The Kier molecular flexibility index (Phi) is 5.58. The fraction of sp³-hybridized carbons (Fsp3) is 0.263. The molecule has 0 saturated carbocycles. The van der Waals surface area contributed by atoms with Crippen LogP contribution in [0.5, 0.6) is 0 Å². The van der Waals surface area contributed by atoms with Crippen molar-refractivity contribution in [2.45, 2.75) is 19.9 Å². The minimum Gasteiger partial charge on any atom is -0.361 e. The molecule has 0 aliphatic carbocycles. The highest BCUT2D eigenvalue weighted by atomic mass is 16.5. The van der Waals surface area contributed by atoms with Gasteiger partial charge in [0.15, 0.2) is 5.69 Å². The number of hydrogen-bond acceptors (Lipinski definition) is 6. The zero-order valence-corrected chi connectivity index (χ0v) is 14.8. The Labute approximate surface area is 152 Å². The highest BCUT2D eigenvalue weighted by Gasteiger charge is 2.13. The van der Waals surface area contributed by atoms with Crippen molar-refractivity contribution in [3.8, 4) is 0 Å². The van der Waals surface area contributed by atoms with Crippen LogP contribution in [0, 0.1) is 6.92 Å². The maximum absolute atomic E-state index is 12.1. The summed E-state index contributed by atoms with van der Waals surface area (Å²) in [5, 5.41) is 6.59. The largest absolute Gasteiger partial charge is 0.361 e. The molecular formula is C19H21N5O2. The highest BCUT2D eigenvalue weighted by molar-refractivity contribution is 5.92. The molecule has 3 aromatic rings. The summed E-state index contributed by atoms with van der Waals surface area (Å²) in [5.74, 6) is 1.17. The first-order valence-corrected chi connectivity index (χ1v) is 8.40. The van der Waals surface area contributed by atoms with E-state index in [-0.39, 0.29) is 11.6 Å². The van der Waals surface area contributed by atoms with E-state index in [1.165, 1.54) is 0 Å². The van der Waals surface area contributed by atoms with Crippen LogP contribution in [0.15, 0.2) is 53.3 Å². The standard InChI is InChI=1S/C19H21N5O2/c1-14-12-17(23-26-14)19(25)22-13-15-6-5-10-21-18(15)24(2)11-8-16-7-3-4-9-20-16/h3-7,9-10,12H,8,11,13H2,1-2H3,(H,22,25). The molecule has 0 fully saturated rings. The average Bonchev–Trinajstić information content (AvgIpc) is 3.12. The van der Waals surface area contributed by atoms with Gasteiger partial charge >= 0.3 is 0 Å². The maximum atomic E-state index is 12.1. The molecule has 0 unspecified atom stereocenters. The summed E-state index contributed by atoms with van der Waals surface area (Å²) in [7, 11) is 1.98. The number of pyridine rings is 2. The van der Waals surface area contributed by atoms with Gasteiger partial charge in [0.2, 0.25) is 0 Å². The second kappa shape index (κ2) is 8.24. The van der Waals surface area contributed by atoms with Crippen molar-refractivity contribution in [2.75, 3.05) is 18.5 Å². The Hall–Kier alpha value is -3.22. The molecule has 134 valence electrons. The van der Waals surface area contributed by atoms with Crippen LogP contribution >= 0.6 is 0 Å². The van der Waals surface area contributed by atoms with E-state index in [9.17, 15) is 4.79 Å². The number of anilines is 1. The SMILES string of the molecule is Cc1cc(C(=O)NCc2cccnc2N(C)CCc2ccccn2)no1. The lowest BCUT2D eigenvalue weighted by Gasteiger charge is -2.21. The number of carbonyl (C=O) groups excluding carboxylic acids is 1. The van der Waals surface area contributed by atoms with Gasteiger partial charge in [0.05, 0.1) is 0 Å². The second-order valence-corrected chi connectivity index (χ2v) is 5.98. The van der Waals surface area contributed by atoms with Gasteiger partial charge in [-0.15, -0.1) is 0 Å². The van der Waals surface area contributed by atoms with Gasteiger partial charge in [-0.1, -0.05) is 17.3 Å². The van der Waals surface area contributed by atoms with E-state index < -0.39 is 0 Å². The summed E-state index contributed by atoms with van der Waals surface area (Å²) < 4.78 is 4.94. The quantitative estimate of drug-likeness (QED) is 0.703. The summed E-state index contributed by atoms with van der Waals surface area (Å²) in [6.07, 6.45) is 4.36. The van der Waals surface area contributed by atoms with Crippen molar-refractivity contribution in [3.05, 3.63) is 71.5 Å². The minimum absolute atomic E-state index is 0.271. The van der Waals surface area contributed by atoms with Gasteiger partial charge in [-0.05, 0) is 25.1 Å². The van der Waals surface area contributed by atoms with E-state index >= 15 is 0 Å². The molecule has 26 heavy (non-hydrogen) atoms. The number of likely N-dealkylation sites (N-methyl/N-ethyl adjacent to an activating group) is 1. The fourth-order valence-corrected chi connectivity index (χ4v) is 2.59. The minimum atomic E-state index is -0.271. The lowest BCUT2D eigenvalue weighted by Crippen LogP contribution is -2.27. The lowest BCUT2D eigenvalue weighted by atomic mass is 10.2. The van der Waals surface area contributed by atoms with Crippen LogP contribution in [0.25, 0.3) is 0 Å². The van der Waals surface area contributed by atoms with Crippen molar-refractivity contribution in [2.24, 2.45) is 0 Å². The first-order chi connectivity index (χ1) is 12.6. The number of aromatic nitrogens is 3. The van der Waals surface area contributed by atoms with E-state index in [1.807, 2.05) is 37.4 Å². The van der Waals surface area contributed by atoms with Crippen LogP contribution in [-0.4, -0.2) is 34.6 Å². The van der Waals surface area contributed by atoms with Crippen LogP contribution < -0.4 is 10.2 Å². The molecule has 0 radical (unpaired) electrons. The molecule has 0 aliphatic rings. The summed E-state index contributed by atoms with van der Waals surface area (Å²) in [6.45, 7) is 2.89. The third kappa shape index (κ3) is 4.44. The number of nitrogens with one attached hydrogen (secondary N) is 1. The number of hydrogen-bond donors (Lipinski definition) is 1. The average molecular weight is 351 g/mol. The summed E-state index contributed by atoms with van der Waals surface area (Å²) in [6, 6.07) is 11.3. The summed E-state index contributed by atoms with van der Waals surface area (Å²) in [5.41, 5.74) is 2.24. The van der Waals surface area contributed by atoms with Crippen LogP contribution in [0.4, 0.5) is 5.82 Å². The van der Waals surface area contributed by atoms with Crippen molar-refractivity contribution >= 4 is 11.7 Å². The van der Waals surface area contributed by atoms with Gasteiger partial charge < -0.3 is 14.7 Å². The molecule has 3 aromatic heterocycles. The Morgan fingerprint density at radius 3 is 2.77 bits per heavy atom. The molecule has 0 aromatic carbocycles. The van der Waals surface area contributed by atoms with E-state index in [4.69, 9.17) is 4.52 Å². The van der Waals surface area contributed by atoms with E-state index in [1.54, 1.807) is 25.4 Å². The van der Waals surface area contributed by atoms with Gasteiger partial charge in [-0.3, -0.25) is 9.78 Å². The second-order valence-electron chi connectivity index (χ2n) is 5.98. The summed E-state index contributed by atoms with van der Waals surface area (Å²) >= 11 is 0. The third-order valence-electron chi connectivity index (χ3n) is 3.96. The zero-order valence-electron chi connectivity index (χ0n) is 14.8. The molecule has 0 bridgehead atoms. The van der Waals surface area contributed by atoms with Crippen LogP contribution in [-0.2, 0) is 13.0 Å². The van der Waals surface area contributed by atoms with Crippen LogP contribution in [0.3, 0.4) is 0 Å². The predicted molar refractivity (Wildman–Crippen MR) is 97.9 cm³/mol. The Morgan fingerprint density at radius 1 is 1.19 bits per heavy atom. The smallest absolute Gasteiger partial charge is 0.273 e.